The second-order valence-electron chi connectivity index (χ2n) is 6.65. The molecule has 2 unspecified atom stereocenters. The molecule has 1 amide bonds. The molecule has 0 saturated carbocycles. The van der Waals surface area contributed by atoms with Gasteiger partial charge >= 0.3 is 0 Å². The molecule has 6 heteroatoms. The molecule has 0 aliphatic rings. The highest BCUT2D eigenvalue weighted by atomic mass is 16.1. The number of hydrogen-bond donors (Lipinski definition) is 3. The lowest BCUT2D eigenvalue weighted by Crippen LogP contribution is -2.44. The summed E-state index contributed by atoms with van der Waals surface area (Å²) in [5.74, 6) is 0.789. The SMILES string of the molecule is CCC(C)NC(=O)CCNC(=NC)NCC(c1ccccc1)N(CC)CC. The molecular formula is C21H37N5O. The zero-order valence-corrected chi connectivity index (χ0v) is 17.6. The van der Waals surface area contributed by atoms with Crippen molar-refractivity contribution >= 4 is 11.9 Å². The normalized spacial score (nSPS) is 13.9. The second-order valence-corrected chi connectivity index (χ2v) is 6.65. The first kappa shape index (κ1) is 23.0. The van der Waals surface area contributed by atoms with Gasteiger partial charge < -0.3 is 16.0 Å². The van der Waals surface area contributed by atoms with Crippen LogP contribution in [0.3, 0.4) is 0 Å². The van der Waals surface area contributed by atoms with Gasteiger partial charge in [-0.05, 0) is 32.0 Å². The van der Waals surface area contributed by atoms with Crippen molar-refractivity contribution in [2.24, 2.45) is 4.99 Å². The summed E-state index contributed by atoms with van der Waals surface area (Å²) in [5.41, 5.74) is 1.29. The van der Waals surface area contributed by atoms with Gasteiger partial charge in [-0.3, -0.25) is 14.7 Å². The van der Waals surface area contributed by atoms with Crippen molar-refractivity contribution in [3.05, 3.63) is 35.9 Å². The van der Waals surface area contributed by atoms with E-state index in [1.165, 1.54) is 5.56 Å². The molecule has 0 saturated heterocycles. The van der Waals surface area contributed by atoms with Crippen LogP contribution >= 0.6 is 0 Å². The first-order valence-corrected chi connectivity index (χ1v) is 10.1. The Labute approximate surface area is 164 Å². The number of likely N-dealkylation sites (N-methyl/N-ethyl adjacent to an activating group) is 1. The van der Waals surface area contributed by atoms with Crippen molar-refractivity contribution in [1.82, 2.24) is 20.9 Å². The van der Waals surface area contributed by atoms with Crippen LogP contribution in [-0.4, -0.2) is 56.0 Å². The van der Waals surface area contributed by atoms with E-state index in [1.54, 1.807) is 7.05 Å². The Morgan fingerprint density at radius 3 is 2.33 bits per heavy atom. The number of aliphatic imine (C=N–C) groups is 1. The monoisotopic (exact) mass is 375 g/mol. The van der Waals surface area contributed by atoms with Crippen molar-refractivity contribution in [3.63, 3.8) is 0 Å². The molecule has 0 aliphatic heterocycles. The fraction of sp³-hybridized carbons (Fsp3) is 0.619. The predicted octanol–water partition coefficient (Wildman–Crippen LogP) is 2.54. The van der Waals surface area contributed by atoms with Crippen LogP contribution in [0.25, 0.3) is 0 Å². The number of amides is 1. The molecule has 3 N–H and O–H groups in total. The highest BCUT2D eigenvalue weighted by Crippen LogP contribution is 2.19. The van der Waals surface area contributed by atoms with Crippen LogP contribution in [0.4, 0.5) is 0 Å². The smallest absolute Gasteiger partial charge is 0.221 e. The standard InChI is InChI=1S/C21H37N5O/c1-6-17(4)25-20(27)14-15-23-21(22-5)24-16-19(26(7-2)8-3)18-12-10-9-11-13-18/h9-13,17,19H,6-8,14-16H2,1-5H3,(H,25,27)(H2,22,23,24). The third kappa shape index (κ3) is 8.43. The van der Waals surface area contributed by atoms with Gasteiger partial charge in [0.2, 0.25) is 5.91 Å². The van der Waals surface area contributed by atoms with Gasteiger partial charge in [0.05, 0.1) is 6.04 Å². The molecule has 6 nitrogen and oxygen atoms in total. The van der Waals surface area contributed by atoms with E-state index in [4.69, 9.17) is 0 Å². The molecule has 0 fully saturated rings. The molecule has 0 aromatic heterocycles. The van der Waals surface area contributed by atoms with Gasteiger partial charge in [0.25, 0.3) is 0 Å². The summed E-state index contributed by atoms with van der Waals surface area (Å²) in [6.45, 7) is 11.7. The average Bonchev–Trinajstić information content (AvgIpc) is 2.70. The van der Waals surface area contributed by atoms with Gasteiger partial charge in [-0.1, -0.05) is 51.1 Å². The van der Waals surface area contributed by atoms with Crippen LogP contribution in [-0.2, 0) is 4.79 Å². The van der Waals surface area contributed by atoms with Gasteiger partial charge in [0.15, 0.2) is 5.96 Å². The average molecular weight is 376 g/mol. The van der Waals surface area contributed by atoms with Crippen LogP contribution in [0.2, 0.25) is 0 Å². The maximum Gasteiger partial charge on any atom is 0.221 e. The van der Waals surface area contributed by atoms with Crippen LogP contribution in [0.15, 0.2) is 35.3 Å². The van der Waals surface area contributed by atoms with Gasteiger partial charge in [-0.15, -0.1) is 0 Å². The molecule has 2 atom stereocenters. The second kappa shape index (κ2) is 13.1. The van der Waals surface area contributed by atoms with Crippen LogP contribution in [0.5, 0.6) is 0 Å². The number of carbonyl (C=O) groups excluding carboxylic acids is 1. The van der Waals surface area contributed by atoms with E-state index in [0.29, 0.717) is 13.0 Å². The molecule has 1 aromatic rings. The Kier molecular flexibility index (Phi) is 11.2. The van der Waals surface area contributed by atoms with E-state index in [0.717, 1.165) is 32.0 Å². The molecule has 0 bridgehead atoms. The van der Waals surface area contributed by atoms with Crippen LogP contribution in [0, 0.1) is 0 Å². The fourth-order valence-electron chi connectivity index (χ4n) is 2.95. The topological polar surface area (TPSA) is 68.8 Å². The first-order chi connectivity index (χ1) is 13.0. The maximum absolute atomic E-state index is 11.9. The molecule has 1 rings (SSSR count). The van der Waals surface area contributed by atoms with Crippen molar-refractivity contribution < 1.29 is 4.79 Å². The zero-order chi connectivity index (χ0) is 20.1. The van der Waals surface area contributed by atoms with Gasteiger partial charge in [-0.25, -0.2) is 0 Å². The Bertz CT molecular complexity index is 557. The summed E-state index contributed by atoms with van der Waals surface area (Å²) in [7, 11) is 1.75. The van der Waals surface area contributed by atoms with E-state index in [-0.39, 0.29) is 18.0 Å². The Morgan fingerprint density at radius 2 is 1.78 bits per heavy atom. The summed E-state index contributed by atoms with van der Waals surface area (Å²) >= 11 is 0. The lowest BCUT2D eigenvalue weighted by molar-refractivity contribution is -0.121. The molecular weight excluding hydrogens is 338 g/mol. The minimum absolute atomic E-state index is 0.0672. The van der Waals surface area contributed by atoms with Crippen LogP contribution in [0.1, 0.15) is 52.1 Å². The van der Waals surface area contributed by atoms with E-state index >= 15 is 0 Å². The van der Waals surface area contributed by atoms with Gasteiger partial charge in [0.1, 0.15) is 0 Å². The maximum atomic E-state index is 11.9. The summed E-state index contributed by atoms with van der Waals surface area (Å²) in [6.07, 6.45) is 1.37. The Morgan fingerprint density at radius 1 is 1.11 bits per heavy atom. The molecule has 0 radical (unpaired) electrons. The first-order valence-electron chi connectivity index (χ1n) is 10.1. The van der Waals surface area contributed by atoms with Crippen molar-refractivity contribution in [2.45, 2.75) is 52.6 Å². The largest absolute Gasteiger partial charge is 0.356 e. The van der Waals surface area contributed by atoms with E-state index < -0.39 is 0 Å². The third-order valence-electron chi connectivity index (χ3n) is 4.79. The quantitative estimate of drug-likeness (QED) is 0.411. The lowest BCUT2D eigenvalue weighted by atomic mass is 10.1. The number of nitrogens with one attached hydrogen (secondary N) is 3. The summed E-state index contributed by atoms with van der Waals surface area (Å²) in [5, 5.41) is 9.62. The minimum Gasteiger partial charge on any atom is -0.356 e. The fourth-order valence-corrected chi connectivity index (χ4v) is 2.95. The molecule has 1 aromatic carbocycles. The van der Waals surface area contributed by atoms with E-state index in [9.17, 15) is 4.79 Å². The number of nitrogens with zero attached hydrogens (tertiary/aromatic N) is 2. The van der Waals surface area contributed by atoms with Crippen molar-refractivity contribution in [2.75, 3.05) is 33.2 Å². The van der Waals surface area contributed by atoms with E-state index in [1.807, 2.05) is 13.0 Å². The van der Waals surface area contributed by atoms with Gasteiger partial charge in [-0.2, -0.15) is 0 Å². The summed E-state index contributed by atoms with van der Waals surface area (Å²) < 4.78 is 0. The highest BCUT2D eigenvalue weighted by Gasteiger charge is 2.18. The van der Waals surface area contributed by atoms with Crippen molar-refractivity contribution in [1.29, 1.82) is 0 Å². The molecule has 0 heterocycles. The predicted molar refractivity (Wildman–Crippen MR) is 114 cm³/mol. The number of hydrogen-bond acceptors (Lipinski definition) is 3. The number of carbonyl (C=O) groups is 1. The molecule has 0 aliphatic carbocycles. The Hall–Kier alpha value is -2.08. The third-order valence-corrected chi connectivity index (χ3v) is 4.79. The van der Waals surface area contributed by atoms with Crippen molar-refractivity contribution in [3.8, 4) is 0 Å². The summed E-state index contributed by atoms with van der Waals surface area (Å²) in [4.78, 5) is 18.6. The van der Waals surface area contributed by atoms with Crippen LogP contribution < -0.4 is 16.0 Å². The molecule has 0 spiro atoms. The lowest BCUT2D eigenvalue weighted by Gasteiger charge is -2.30. The zero-order valence-electron chi connectivity index (χ0n) is 17.6. The Balaban J connectivity index is 2.56. The number of benzene rings is 1. The number of rotatable bonds is 11. The number of guanidine groups is 1. The molecule has 27 heavy (non-hydrogen) atoms. The van der Waals surface area contributed by atoms with E-state index in [2.05, 4.69) is 70.9 Å². The molecule has 152 valence electrons. The highest BCUT2D eigenvalue weighted by molar-refractivity contribution is 5.81. The minimum atomic E-state index is 0.0672. The summed E-state index contributed by atoms with van der Waals surface area (Å²) in [6, 6.07) is 11.0. The van der Waals surface area contributed by atoms with Gasteiger partial charge in [0, 0.05) is 32.6 Å².